The Hall–Kier alpha value is -2.78. The van der Waals surface area contributed by atoms with Gasteiger partial charge in [-0.15, -0.1) is 0 Å². The molecule has 2 aromatic carbocycles. The van der Waals surface area contributed by atoms with Gasteiger partial charge in [-0.25, -0.2) is 4.99 Å². The average molecular weight is 445 g/mol. The number of hydrogen-bond donors (Lipinski definition) is 0. The highest BCUT2D eigenvalue weighted by molar-refractivity contribution is 9.10. The first-order chi connectivity index (χ1) is 13.0. The number of anilines is 1. The highest BCUT2D eigenvalue weighted by Gasteiger charge is 2.16. The van der Waals surface area contributed by atoms with Gasteiger partial charge in [0.25, 0.3) is 11.2 Å². The summed E-state index contributed by atoms with van der Waals surface area (Å²) < 4.78 is 3.20. The largest absolute Gasteiger partial charge is 0.334 e. The molecule has 1 aliphatic heterocycles. The summed E-state index contributed by atoms with van der Waals surface area (Å²) in [6.45, 7) is 0.756. The predicted octanol–water partition coefficient (Wildman–Crippen LogP) is 2.46. The van der Waals surface area contributed by atoms with Gasteiger partial charge < -0.3 is 4.90 Å². The van der Waals surface area contributed by atoms with Crippen molar-refractivity contribution in [2.24, 2.45) is 4.99 Å². The Bertz CT molecular complexity index is 1200. The van der Waals surface area contributed by atoms with Gasteiger partial charge in [-0.05, 0) is 35.9 Å². The first kappa shape index (κ1) is 17.6. The molecule has 1 aliphatic rings. The summed E-state index contributed by atoms with van der Waals surface area (Å²) in [5.41, 5.74) is 1.66. The molecule has 0 unspecified atom stereocenters. The zero-order valence-electron chi connectivity index (χ0n) is 13.9. The SMILES string of the molecule is O=c1c(=Cc2cccc(Br)c2)sc2n1CN(c1ccc([N+](=O)[O-])cc1)CN=2. The lowest BCUT2D eigenvalue weighted by Crippen LogP contribution is -2.42. The van der Waals surface area contributed by atoms with Crippen molar-refractivity contribution in [2.75, 3.05) is 11.6 Å². The van der Waals surface area contributed by atoms with E-state index in [9.17, 15) is 14.9 Å². The minimum Gasteiger partial charge on any atom is -0.334 e. The number of rotatable bonds is 3. The standard InChI is InChI=1S/C18H13BrN4O3S/c19-13-3-1-2-12(8-13)9-16-17(24)22-11-21(10-20-18(22)27-16)14-4-6-15(7-5-14)23(25)26/h1-9H,10-11H2. The third-order valence-corrected chi connectivity index (χ3v) is 5.69. The minimum absolute atomic E-state index is 0.0343. The summed E-state index contributed by atoms with van der Waals surface area (Å²) in [4.78, 5) is 30.2. The smallest absolute Gasteiger partial charge is 0.271 e. The maximum Gasteiger partial charge on any atom is 0.271 e. The summed E-state index contributed by atoms with van der Waals surface area (Å²) in [7, 11) is 0. The van der Waals surface area contributed by atoms with Crippen molar-refractivity contribution in [1.29, 1.82) is 0 Å². The number of thiazole rings is 1. The molecule has 0 bridgehead atoms. The van der Waals surface area contributed by atoms with Gasteiger partial charge in [0.1, 0.15) is 13.3 Å². The maximum absolute atomic E-state index is 12.8. The second kappa shape index (κ2) is 7.09. The first-order valence-electron chi connectivity index (χ1n) is 8.02. The monoisotopic (exact) mass is 444 g/mol. The third kappa shape index (κ3) is 3.56. The van der Waals surface area contributed by atoms with Crippen molar-refractivity contribution in [1.82, 2.24) is 4.57 Å². The molecule has 7 nitrogen and oxygen atoms in total. The number of fused-ring (bicyclic) bond motifs is 1. The van der Waals surface area contributed by atoms with E-state index in [0.29, 0.717) is 22.7 Å². The van der Waals surface area contributed by atoms with E-state index in [1.54, 1.807) is 16.7 Å². The fourth-order valence-electron chi connectivity index (χ4n) is 2.81. The van der Waals surface area contributed by atoms with E-state index in [-0.39, 0.29) is 11.2 Å². The molecule has 0 amide bonds. The fraction of sp³-hybridized carbons (Fsp3) is 0.111. The van der Waals surface area contributed by atoms with Gasteiger partial charge in [-0.3, -0.25) is 19.5 Å². The van der Waals surface area contributed by atoms with Crippen molar-refractivity contribution in [3.05, 3.63) is 88.4 Å². The summed E-state index contributed by atoms with van der Waals surface area (Å²) in [5, 5.41) is 10.8. The molecular formula is C18H13BrN4O3S. The van der Waals surface area contributed by atoms with Crippen LogP contribution in [0.15, 0.2) is 62.8 Å². The van der Waals surface area contributed by atoms with E-state index in [4.69, 9.17) is 0 Å². The molecular weight excluding hydrogens is 432 g/mol. The van der Waals surface area contributed by atoms with E-state index in [2.05, 4.69) is 20.9 Å². The maximum atomic E-state index is 12.8. The normalized spacial score (nSPS) is 14.0. The number of non-ortho nitro benzene ring substituents is 1. The van der Waals surface area contributed by atoms with Crippen LogP contribution in [-0.2, 0) is 6.67 Å². The van der Waals surface area contributed by atoms with Gasteiger partial charge in [-0.1, -0.05) is 39.4 Å². The summed E-state index contributed by atoms with van der Waals surface area (Å²) in [5.74, 6) is 0. The van der Waals surface area contributed by atoms with Crippen LogP contribution in [0.1, 0.15) is 5.56 Å². The van der Waals surface area contributed by atoms with E-state index in [1.807, 2.05) is 35.2 Å². The molecule has 0 saturated carbocycles. The third-order valence-electron chi connectivity index (χ3n) is 4.15. The van der Waals surface area contributed by atoms with Crippen LogP contribution in [0, 0.1) is 10.1 Å². The number of nitro benzene ring substituents is 1. The fourth-order valence-corrected chi connectivity index (χ4v) is 4.19. The molecule has 4 rings (SSSR count). The van der Waals surface area contributed by atoms with Crippen molar-refractivity contribution in [2.45, 2.75) is 6.67 Å². The van der Waals surface area contributed by atoms with Crippen LogP contribution in [0.3, 0.4) is 0 Å². The Morgan fingerprint density at radius 3 is 2.70 bits per heavy atom. The Kier molecular flexibility index (Phi) is 4.63. The quantitative estimate of drug-likeness (QED) is 0.458. The number of nitrogens with zero attached hydrogens (tertiary/aromatic N) is 4. The summed E-state index contributed by atoms with van der Waals surface area (Å²) in [6, 6.07) is 14.0. The predicted molar refractivity (Wildman–Crippen MR) is 108 cm³/mol. The highest BCUT2D eigenvalue weighted by atomic mass is 79.9. The van der Waals surface area contributed by atoms with Crippen LogP contribution in [0.5, 0.6) is 0 Å². The summed E-state index contributed by atoms with van der Waals surface area (Å²) >= 11 is 4.79. The van der Waals surface area contributed by atoms with E-state index in [0.717, 1.165) is 15.7 Å². The van der Waals surface area contributed by atoms with Gasteiger partial charge in [0, 0.05) is 22.3 Å². The molecule has 9 heteroatoms. The highest BCUT2D eigenvalue weighted by Crippen LogP contribution is 2.20. The molecule has 136 valence electrons. The number of nitro groups is 1. The van der Waals surface area contributed by atoms with Crippen molar-refractivity contribution >= 4 is 44.7 Å². The van der Waals surface area contributed by atoms with E-state index >= 15 is 0 Å². The Balaban J connectivity index is 1.67. The molecule has 2 heterocycles. The molecule has 3 aromatic rings. The van der Waals surface area contributed by atoms with Gasteiger partial charge in [-0.2, -0.15) is 0 Å². The Labute approximate surface area is 165 Å². The van der Waals surface area contributed by atoms with Crippen LogP contribution >= 0.6 is 27.3 Å². The molecule has 0 fully saturated rings. The lowest BCUT2D eigenvalue weighted by atomic mass is 10.2. The van der Waals surface area contributed by atoms with Gasteiger partial charge in [0.05, 0.1) is 9.46 Å². The van der Waals surface area contributed by atoms with Crippen LogP contribution in [-0.4, -0.2) is 16.2 Å². The number of aromatic nitrogens is 1. The molecule has 0 atom stereocenters. The number of hydrogen-bond acceptors (Lipinski definition) is 6. The van der Waals surface area contributed by atoms with Crippen LogP contribution in [0.2, 0.25) is 0 Å². The second-order valence-electron chi connectivity index (χ2n) is 5.94. The minimum atomic E-state index is -0.435. The Morgan fingerprint density at radius 2 is 2.00 bits per heavy atom. The lowest BCUT2D eigenvalue weighted by molar-refractivity contribution is -0.384. The molecule has 0 spiro atoms. The van der Waals surface area contributed by atoms with Crippen molar-refractivity contribution in [3.8, 4) is 0 Å². The second-order valence-corrected chi connectivity index (χ2v) is 7.86. The zero-order chi connectivity index (χ0) is 19.0. The van der Waals surface area contributed by atoms with Crippen molar-refractivity contribution in [3.63, 3.8) is 0 Å². The topological polar surface area (TPSA) is 80.7 Å². The summed E-state index contributed by atoms with van der Waals surface area (Å²) in [6.07, 6.45) is 1.86. The van der Waals surface area contributed by atoms with E-state index < -0.39 is 4.92 Å². The van der Waals surface area contributed by atoms with Crippen LogP contribution in [0.4, 0.5) is 11.4 Å². The molecule has 1 aromatic heterocycles. The van der Waals surface area contributed by atoms with Crippen LogP contribution < -0.4 is 19.8 Å². The first-order valence-corrected chi connectivity index (χ1v) is 9.63. The number of benzene rings is 2. The van der Waals surface area contributed by atoms with Crippen LogP contribution in [0.25, 0.3) is 6.08 Å². The molecule has 0 radical (unpaired) electrons. The zero-order valence-corrected chi connectivity index (χ0v) is 16.3. The van der Waals surface area contributed by atoms with Gasteiger partial charge in [0.2, 0.25) is 0 Å². The average Bonchev–Trinajstić information content (AvgIpc) is 2.97. The molecule has 0 saturated heterocycles. The molecule has 27 heavy (non-hydrogen) atoms. The lowest BCUT2D eigenvalue weighted by Gasteiger charge is -2.25. The van der Waals surface area contributed by atoms with E-state index in [1.165, 1.54) is 23.5 Å². The Morgan fingerprint density at radius 1 is 1.22 bits per heavy atom. The van der Waals surface area contributed by atoms with Gasteiger partial charge in [0.15, 0.2) is 4.80 Å². The number of halogens is 1. The van der Waals surface area contributed by atoms with Gasteiger partial charge >= 0.3 is 0 Å². The van der Waals surface area contributed by atoms with Crippen molar-refractivity contribution < 1.29 is 4.92 Å². The molecule has 0 N–H and O–H groups in total. The molecule has 0 aliphatic carbocycles.